The molecule has 40 heavy (non-hydrogen) atoms. The van der Waals surface area contributed by atoms with Gasteiger partial charge in [-0.2, -0.15) is 0 Å². The van der Waals surface area contributed by atoms with E-state index in [1.807, 2.05) is 0 Å². The fourth-order valence-corrected chi connectivity index (χ4v) is 4.55. The molecule has 0 radical (unpaired) electrons. The molecule has 0 bridgehead atoms. The Morgan fingerprint density at radius 2 is 1.70 bits per heavy atom. The highest BCUT2D eigenvalue weighted by atomic mass is 16.6. The molecule has 0 aromatic heterocycles. The molecule has 0 saturated heterocycles. The monoisotopic (exact) mass is 557 g/mol. The lowest BCUT2D eigenvalue weighted by atomic mass is 9.82. The zero-order valence-corrected chi connectivity index (χ0v) is 25.2. The minimum Gasteiger partial charge on any atom is -0.508 e. The molecule has 0 saturated carbocycles. The number of carbonyl (C=O) groups excluding carboxylic acids is 1. The van der Waals surface area contributed by atoms with Crippen LogP contribution in [0.1, 0.15) is 91.2 Å². The van der Waals surface area contributed by atoms with Crippen molar-refractivity contribution < 1.29 is 29.2 Å². The Morgan fingerprint density at radius 3 is 2.35 bits per heavy atom. The third kappa shape index (κ3) is 12.5. The van der Waals surface area contributed by atoms with Gasteiger partial charge in [-0.3, -0.25) is 4.79 Å². The smallest absolute Gasteiger partial charge is 0.223 e. The van der Waals surface area contributed by atoms with E-state index in [2.05, 4.69) is 39.9 Å². The summed E-state index contributed by atoms with van der Waals surface area (Å²) >= 11 is 0. The molecule has 7 heteroatoms. The van der Waals surface area contributed by atoms with Crippen molar-refractivity contribution in [1.82, 2.24) is 5.32 Å². The Labute approximate surface area is 241 Å². The number of phenols is 1. The number of phenolic OH excluding ortho intramolecular Hbond substituents is 1. The number of unbranched alkanes of at least 4 members (excludes halogenated alkanes) is 2. The fraction of sp³-hybridized carbons (Fsp3) is 0.606. The van der Waals surface area contributed by atoms with Crippen molar-refractivity contribution in [2.75, 3.05) is 26.4 Å². The van der Waals surface area contributed by atoms with Crippen LogP contribution in [-0.4, -0.2) is 42.5 Å². The fourth-order valence-electron chi connectivity index (χ4n) is 4.55. The zero-order valence-electron chi connectivity index (χ0n) is 25.2. The lowest BCUT2D eigenvalue weighted by Gasteiger charge is -2.23. The lowest BCUT2D eigenvalue weighted by molar-refractivity contribution is -0.122. The molecule has 0 spiro atoms. The number of fused-ring (bicyclic) bond motifs is 1. The van der Waals surface area contributed by atoms with Gasteiger partial charge in [0.25, 0.3) is 0 Å². The molecule has 0 fully saturated rings. The minimum absolute atomic E-state index is 0.0949. The SMILES string of the molecule is CCCCCC(CC(C)CC)C(C)C.O=C(CCOc1ccc(O)cc1)NCC(O)c1ccc2c(c1)OCCO2. The van der Waals surface area contributed by atoms with Gasteiger partial charge in [-0.15, -0.1) is 0 Å². The highest BCUT2D eigenvalue weighted by molar-refractivity contribution is 5.76. The largest absolute Gasteiger partial charge is 0.508 e. The quantitative estimate of drug-likeness (QED) is 0.203. The number of ether oxygens (including phenoxy) is 3. The number of hydrogen-bond acceptors (Lipinski definition) is 6. The lowest BCUT2D eigenvalue weighted by Crippen LogP contribution is -2.29. The van der Waals surface area contributed by atoms with Crippen LogP contribution in [0.15, 0.2) is 42.5 Å². The van der Waals surface area contributed by atoms with Crippen molar-refractivity contribution in [3.63, 3.8) is 0 Å². The molecule has 0 aliphatic carbocycles. The summed E-state index contributed by atoms with van der Waals surface area (Å²) in [6, 6.07) is 11.5. The Kier molecular flexibility index (Phi) is 15.3. The van der Waals surface area contributed by atoms with Gasteiger partial charge in [0, 0.05) is 6.54 Å². The van der Waals surface area contributed by atoms with E-state index in [9.17, 15) is 15.0 Å². The molecule has 2 aromatic carbocycles. The topological polar surface area (TPSA) is 97.3 Å². The van der Waals surface area contributed by atoms with Crippen molar-refractivity contribution in [2.45, 2.75) is 85.7 Å². The van der Waals surface area contributed by atoms with E-state index in [1.54, 1.807) is 30.3 Å². The molecule has 3 N–H and O–H groups in total. The number of benzene rings is 2. The van der Waals surface area contributed by atoms with E-state index in [0.717, 1.165) is 17.8 Å². The van der Waals surface area contributed by atoms with Crippen LogP contribution in [0.5, 0.6) is 23.0 Å². The first-order chi connectivity index (χ1) is 19.2. The highest BCUT2D eigenvalue weighted by Crippen LogP contribution is 2.32. The second-order valence-electron chi connectivity index (χ2n) is 11.1. The molecule has 3 unspecified atom stereocenters. The first-order valence-corrected chi connectivity index (χ1v) is 15.0. The van der Waals surface area contributed by atoms with E-state index in [0.29, 0.717) is 36.0 Å². The van der Waals surface area contributed by atoms with Crippen molar-refractivity contribution in [3.05, 3.63) is 48.0 Å². The normalized spacial score (nSPS) is 14.5. The summed E-state index contributed by atoms with van der Waals surface area (Å²) < 4.78 is 16.3. The number of hydrogen-bond donors (Lipinski definition) is 3. The summed E-state index contributed by atoms with van der Waals surface area (Å²) in [6.45, 7) is 13.1. The maximum absolute atomic E-state index is 11.9. The molecule has 3 rings (SSSR count). The summed E-state index contributed by atoms with van der Waals surface area (Å²) in [7, 11) is 0. The number of nitrogens with one attached hydrogen (secondary N) is 1. The molecule has 1 aliphatic heterocycles. The van der Waals surface area contributed by atoms with Crippen molar-refractivity contribution in [1.29, 1.82) is 0 Å². The van der Waals surface area contributed by atoms with Crippen LogP contribution in [0, 0.1) is 17.8 Å². The van der Waals surface area contributed by atoms with Gasteiger partial charge in [-0.25, -0.2) is 0 Å². The highest BCUT2D eigenvalue weighted by Gasteiger charge is 2.17. The van der Waals surface area contributed by atoms with Crippen molar-refractivity contribution in [2.24, 2.45) is 17.8 Å². The van der Waals surface area contributed by atoms with Crippen LogP contribution in [0.2, 0.25) is 0 Å². The van der Waals surface area contributed by atoms with Gasteiger partial charge in [0.05, 0.1) is 19.1 Å². The van der Waals surface area contributed by atoms with Crippen LogP contribution >= 0.6 is 0 Å². The van der Waals surface area contributed by atoms with Gasteiger partial charge in [-0.05, 0) is 66.1 Å². The number of amides is 1. The Hall–Kier alpha value is -2.93. The van der Waals surface area contributed by atoms with Gasteiger partial charge in [-0.1, -0.05) is 72.8 Å². The van der Waals surface area contributed by atoms with Crippen LogP contribution in [0.3, 0.4) is 0 Å². The predicted molar refractivity (Wildman–Crippen MR) is 160 cm³/mol. The van der Waals surface area contributed by atoms with Gasteiger partial charge < -0.3 is 29.7 Å². The molecule has 1 amide bonds. The first kappa shape index (κ1) is 33.3. The summed E-state index contributed by atoms with van der Waals surface area (Å²) in [5, 5.41) is 22.1. The summed E-state index contributed by atoms with van der Waals surface area (Å²) in [6.07, 6.45) is 7.78. The zero-order chi connectivity index (χ0) is 29.3. The minimum atomic E-state index is -0.840. The van der Waals surface area contributed by atoms with Crippen LogP contribution in [-0.2, 0) is 4.79 Å². The number of aliphatic hydroxyl groups excluding tert-OH is 1. The maximum atomic E-state index is 11.9. The first-order valence-electron chi connectivity index (χ1n) is 15.0. The second-order valence-corrected chi connectivity index (χ2v) is 11.1. The molecular weight excluding hydrogens is 506 g/mol. The van der Waals surface area contributed by atoms with Gasteiger partial charge >= 0.3 is 0 Å². The molecule has 1 heterocycles. The Balaban J connectivity index is 0.000000342. The van der Waals surface area contributed by atoms with E-state index in [4.69, 9.17) is 14.2 Å². The molecule has 7 nitrogen and oxygen atoms in total. The maximum Gasteiger partial charge on any atom is 0.223 e. The average molecular weight is 558 g/mol. The van der Waals surface area contributed by atoms with E-state index >= 15 is 0 Å². The molecular formula is C33H51NO6. The van der Waals surface area contributed by atoms with Crippen LogP contribution < -0.4 is 19.5 Å². The number of carbonyl (C=O) groups is 1. The molecule has 3 atom stereocenters. The van der Waals surface area contributed by atoms with E-state index < -0.39 is 6.10 Å². The predicted octanol–water partition coefficient (Wildman–Crippen LogP) is 7.06. The van der Waals surface area contributed by atoms with Crippen molar-refractivity contribution >= 4 is 5.91 Å². The van der Waals surface area contributed by atoms with E-state index in [-0.39, 0.29) is 31.2 Å². The average Bonchev–Trinajstić information content (AvgIpc) is 2.96. The van der Waals surface area contributed by atoms with Crippen LogP contribution in [0.4, 0.5) is 0 Å². The molecule has 2 aromatic rings. The van der Waals surface area contributed by atoms with Gasteiger partial charge in [0.2, 0.25) is 5.91 Å². The van der Waals surface area contributed by atoms with Gasteiger partial charge in [0.15, 0.2) is 11.5 Å². The number of rotatable bonds is 15. The van der Waals surface area contributed by atoms with Crippen LogP contribution in [0.25, 0.3) is 0 Å². The van der Waals surface area contributed by atoms with E-state index in [1.165, 1.54) is 50.7 Å². The second kappa shape index (κ2) is 18.4. The Bertz CT molecular complexity index is 977. The Morgan fingerprint density at radius 1 is 1.00 bits per heavy atom. The summed E-state index contributed by atoms with van der Waals surface area (Å²) in [4.78, 5) is 11.9. The molecule has 1 aliphatic rings. The standard InChI is InChI=1S/C19H21NO6.C14H30/c21-14-2-4-15(5-3-14)24-8-7-19(23)20-12-16(22)13-1-6-17-18(11-13)26-10-9-25-17;1-6-8-9-10-14(12(3)4)11-13(5)7-2/h1-6,11,16,21-22H,7-10,12H2,(H,20,23);12-14H,6-11H2,1-5H3. The summed E-state index contributed by atoms with van der Waals surface area (Å²) in [5.74, 6) is 4.53. The summed E-state index contributed by atoms with van der Waals surface area (Å²) in [5.41, 5.74) is 0.648. The van der Waals surface area contributed by atoms with Crippen molar-refractivity contribution in [3.8, 4) is 23.0 Å². The third-order valence-corrected chi connectivity index (χ3v) is 7.40. The third-order valence-electron chi connectivity index (χ3n) is 7.40. The number of aromatic hydroxyl groups is 1. The van der Waals surface area contributed by atoms with Gasteiger partial charge in [0.1, 0.15) is 24.7 Å². The number of aliphatic hydroxyl groups is 1. The molecule has 224 valence electrons.